The molecule has 108 valence electrons. The van der Waals surface area contributed by atoms with Gasteiger partial charge in [-0.2, -0.15) is 0 Å². The second kappa shape index (κ2) is 6.31. The minimum absolute atomic E-state index is 0.857. The number of ether oxygens (including phenoxy) is 1. The maximum Gasteiger partial charge on any atom is 0.118 e. The van der Waals surface area contributed by atoms with Gasteiger partial charge in [0.15, 0.2) is 0 Å². The minimum atomic E-state index is 0.857. The van der Waals surface area contributed by atoms with E-state index < -0.39 is 0 Å². The van der Waals surface area contributed by atoms with Crippen molar-refractivity contribution in [2.45, 2.75) is 0 Å². The summed E-state index contributed by atoms with van der Waals surface area (Å²) < 4.78 is 5.19. The predicted octanol–water partition coefficient (Wildman–Crippen LogP) is 5.42. The Morgan fingerprint density at radius 3 is 1.73 bits per heavy atom. The zero-order valence-electron chi connectivity index (χ0n) is 12.6. The Hall–Kier alpha value is -2.80. The number of benzene rings is 3. The quantitative estimate of drug-likeness (QED) is 0.622. The summed E-state index contributed by atoms with van der Waals surface area (Å²) >= 11 is 0. The van der Waals surface area contributed by atoms with Crippen LogP contribution in [0.25, 0.3) is 16.7 Å². The average molecular weight is 286 g/mol. The molecule has 0 aliphatic heterocycles. The van der Waals surface area contributed by atoms with Crippen LogP contribution >= 0.6 is 0 Å². The third-order valence-corrected chi connectivity index (χ3v) is 3.78. The van der Waals surface area contributed by atoms with Crippen molar-refractivity contribution in [2.75, 3.05) is 7.11 Å². The summed E-state index contributed by atoms with van der Waals surface area (Å²) in [5.74, 6) is 0.857. The molecule has 0 aromatic heterocycles. The van der Waals surface area contributed by atoms with Gasteiger partial charge in [-0.05, 0) is 40.0 Å². The second-order valence-electron chi connectivity index (χ2n) is 5.15. The van der Waals surface area contributed by atoms with Crippen molar-refractivity contribution >= 4 is 5.57 Å². The highest BCUT2D eigenvalue weighted by Crippen LogP contribution is 2.26. The van der Waals surface area contributed by atoms with Gasteiger partial charge in [0.25, 0.3) is 0 Å². The van der Waals surface area contributed by atoms with Crippen LogP contribution < -0.4 is 4.74 Å². The van der Waals surface area contributed by atoms with Gasteiger partial charge in [0, 0.05) is 0 Å². The monoisotopic (exact) mass is 286 g/mol. The van der Waals surface area contributed by atoms with E-state index in [-0.39, 0.29) is 0 Å². The maximum absolute atomic E-state index is 5.19. The van der Waals surface area contributed by atoms with E-state index in [0.717, 1.165) is 22.4 Å². The molecule has 0 bridgehead atoms. The molecular formula is C21H18O. The van der Waals surface area contributed by atoms with Crippen molar-refractivity contribution in [1.82, 2.24) is 0 Å². The maximum atomic E-state index is 5.19. The molecule has 0 aliphatic rings. The lowest BCUT2D eigenvalue weighted by Crippen LogP contribution is -1.88. The molecule has 3 aromatic rings. The summed E-state index contributed by atoms with van der Waals surface area (Å²) in [6.45, 7) is 4.21. The molecule has 0 radical (unpaired) electrons. The summed E-state index contributed by atoms with van der Waals surface area (Å²) in [5.41, 5.74) is 5.69. The fourth-order valence-electron chi connectivity index (χ4n) is 2.45. The highest BCUT2D eigenvalue weighted by Gasteiger charge is 2.04. The highest BCUT2D eigenvalue weighted by atomic mass is 16.5. The van der Waals surface area contributed by atoms with Crippen molar-refractivity contribution in [3.8, 4) is 16.9 Å². The van der Waals surface area contributed by atoms with Crippen LogP contribution in [0.5, 0.6) is 5.75 Å². The fraction of sp³-hybridized carbons (Fsp3) is 0.0476. The normalized spacial score (nSPS) is 10.2. The standard InChI is InChI=1S/C21H18O/c1-16(18-12-14-21(22-2)15-13-18)17-8-10-20(11-9-17)19-6-4-3-5-7-19/h3-15H,1H2,2H3. The second-order valence-corrected chi connectivity index (χ2v) is 5.15. The molecule has 1 heteroatoms. The van der Waals surface area contributed by atoms with Crippen molar-refractivity contribution in [1.29, 1.82) is 0 Å². The molecule has 0 N–H and O–H groups in total. The van der Waals surface area contributed by atoms with Crippen LogP contribution in [0.2, 0.25) is 0 Å². The lowest BCUT2D eigenvalue weighted by Gasteiger charge is -2.09. The third-order valence-electron chi connectivity index (χ3n) is 3.78. The Balaban J connectivity index is 1.84. The van der Waals surface area contributed by atoms with Crippen LogP contribution in [0, 0.1) is 0 Å². The molecule has 0 unspecified atom stereocenters. The Labute approximate surface area is 131 Å². The van der Waals surface area contributed by atoms with Gasteiger partial charge in [0.05, 0.1) is 7.11 Å². The van der Waals surface area contributed by atoms with E-state index in [9.17, 15) is 0 Å². The lowest BCUT2D eigenvalue weighted by atomic mass is 9.97. The first-order chi connectivity index (χ1) is 10.8. The van der Waals surface area contributed by atoms with Crippen LogP contribution in [0.15, 0.2) is 85.4 Å². The first-order valence-corrected chi connectivity index (χ1v) is 7.27. The average Bonchev–Trinajstić information content (AvgIpc) is 2.62. The lowest BCUT2D eigenvalue weighted by molar-refractivity contribution is 0.415. The number of hydrogen-bond donors (Lipinski definition) is 0. The summed E-state index contributed by atoms with van der Waals surface area (Å²) in [6.07, 6.45) is 0. The van der Waals surface area contributed by atoms with Gasteiger partial charge >= 0.3 is 0 Å². The number of rotatable bonds is 4. The van der Waals surface area contributed by atoms with Crippen LogP contribution in [-0.4, -0.2) is 7.11 Å². The van der Waals surface area contributed by atoms with E-state index >= 15 is 0 Å². The molecule has 1 nitrogen and oxygen atoms in total. The van der Waals surface area contributed by atoms with E-state index in [1.807, 2.05) is 30.3 Å². The van der Waals surface area contributed by atoms with E-state index in [1.54, 1.807) is 7.11 Å². The van der Waals surface area contributed by atoms with Crippen molar-refractivity contribution in [3.05, 3.63) is 96.6 Å². The topological polar surface area (TPSA) is 9.23 Å². The highest BCUT2D eigenvalue weighted by molar-refractivity contribution is 5.79. The fourth-order valence-corrected chi connectivity index (χ4v) is 2.45. The van der Waals surface area contributed by atoms with Gasteiger partial charge in [-0.15, -0.1) is 0 Å². The van der Waals surface area contributed by atoms with E-state index in [1.165, 1.54) is 11.1 Å². The largest absolute Gasteiger partial charge is 0.497 e. The Morgan fingerprint density at radius 1 is 0.682 bits per heavy atom. The number of methoxy groups -OCH3 is 1. The van der Waals surface area contributed by atoms with Gasteiger partial charge in [0.1, 0.15) is 5.75 Å². The Kier molecular flexibility index (Phi) is 4.06. The van der Waals surface area contributed by atoms with Crippen molar-refractivity contribution < 1.29 is 4.74 Å². The van der Waals surface area contributed by atoms with Gasteiger partial charge in [-0.1, -0.05) is 73.3 Å². The van der Waals surface area contributed by atoms with Gasteiger partial charge in [-0.25, -0.2) is 0 Å². The predicted molar refractivity (Wildman–Crippen MR) is 93.0 cm³/mol. The number of hydrogen-bond acceptors (Lipinski definition) is 1. The summed E-state index contributed by atoms with van der Waals surface area (Å²) in [5, 5.41) is 0. The molecule has 0 atom stereocenters. The van der Waals surface area contributed by atoms with Crippen LogP contribution in [0.4, 0.5) is 0 Å². The van der Waals surface area contributed by atoms with Gasteiger partial charge in [-0.3, -0.25) is 0 Å². The summed E-state index contributed by atoms with van der Waals surface area (Å²) in [4.78, 5) is 0. The molecule has 0 aliphatic carbocycles. The minimum Gasteiger partial charge on any atom is -0.497 e. The van der Waals surface area contributed by atoms with Crippen molar-refractivity contribution in [2.24, 2.45) is 0 Å². The van der Waals surface area contributed by atoms with E-state index in [0.29, 0.717) is 0 Å². The molecule has 0 spiro atoms. The Morgan fingerprint density at radius 2 is 1.18 bits per heavy atom. The molecule has 0 saturated carbocycles. The molecule has 3 rings (SSSR count). The molecule has 3 aromatic carbocycles. The SMILES string of the molecule is C=C(c1ccc(OC)cc1)c1ccc(-c2ccccc2)cc1. The third kappa shape index (κ3) is 2.94. The first-order valence-electron chi connectivity index (χ1n) is 7.27. The van der Waals surface area contributed by atoms with Crippen molar-refractivity contribution in [3.63, 3.8) is 0 Å². The molecule has 22 heavy (non-hydrogen) atoms. The molecule has 0 heterocycles. The molecule has 0 fully saturated rings. The Bertz CT molecular complexity index is 753. The van der Waals surface area contributed by atoms with Crippen LogP contribution in [0.1, 0.15) is 11.1 Å². The van der Waals surface area contributed by atoms with E-state index in [2.05, 4.69) is 55.1 Å². The molecular weight excluding hydrogens is 268 g/mol. The van der Waals surface area contributed by atoms with Crippen LogP contribution in [-0.2, 0) is 0 Å². The van der Waals surface area contributed by atoms with Crippen LogP contribution in [0.3, 0.4) is 0 Å². The zero-order valence-corrected chi connectivity index (χ0v) is 12.6. The molecule has 0 amide bonds. The van der Waals surface area contributed by atoms with Gasteiger partial charge in [0.2, 0.25) is 0 Å². The first kappa shape index (κ1) is 14.2. The molecule has 0 saturated heterocycles. The summed E-state index contributed by atoms with van der Waals surface area (Å²) in [6, 6.07) is 26.9. The summed E-state index contributed by atoms with van der Waals surface area (Å²) in [7, 11) is 1.67. The van der Waals surface area contributed by atoms with Gasteiger partial charge < -0.3 is 4.74 Å². The van der Waals surface area contributed by atoms with E-state index in [4.69, 9.17) is 4.74 Å². The smallest absolute Gasteiger partial charge is 0.118 e. The zero-order chi connectivity index (χ0) is 15.4.